The van der Waals surface area contributed by atoms with E-state index in [1.54, 1.807) is 0 Å². The predicted molar refractivity (Wildman–Crippen MR) is 65.1 cm³/mol. The molecule has 0 unspecified atom stereocenters. The van der Waals surface area contributed by atoms with Gasteiger partial charge in [0.05, 0.1) is 0 Å². The van der Waals surface area contributed by atoms with E-state index in [1.165, 1.54) is 32.2 Å². The average molecular weight is 213 g/mol. The molecule has 0 aromatic rings. The van der Waals surface area contributed by atoms with Gasteiger partial charge in [0.2, 0.25) is 0 Å². The van der Waals surface area contributed by atoms with Gasteiger partial charge in [-0.15, -0.1) is 0 Å². The molecule has 1 aliphatic rings. The summed E-state index contributed by atoms with van der Waals surface area (Å²) >= 11 is 0. The summed E-state index contributed by atoms with van der Waals surface area (Å²) in [6.07, 6.45) is 5.13. The summed E-state index contributed by atoms with van der Waals surface area (Å²) < 4.78 is 5.47. The van der Waals surface area contributed by atoms with Crippen molar-refractivity contribution in [1.82, 2.24) is 5.32 Å². The van der Waals surface area contributed by atoms with E-state index >= 15 is 0 Å². The van der Waals surface area contributed by atoms with Crippen LogP contribution in [0.5, 0.6) is 0 Å². The minimum absolute atomic E-state index is 0.530. The third-order valence-electron chi connectivity index (χ3n) is 3.39. The standard InChI is InChI=1S/C13H27NO/c1-4-5-13(6-8-15-9-7-13)11-14-10-12(2)3/h12,14H,4-11H2,1-3H3. The van der Waals surface area contributed by atoms with Crippen molar-refractivity contribution in [2.45, 2.75) is 46.5 Å². The van der Waals surface area contributed by atoms with Crippen LogP contribution in [-0.2, 0) is 4.74 Å². The minimum atomic E-state index is 0.530. The Hall–Kier alpha value is -0.0800. The number of hydrogen-bond acceptors (Lipinski definition) is 2. The highest BCUT2D eigenvalue weighted by Crippen LogP contribution is 2.34. The summed E-state index contributed by atoms with van der Waals surface area (Å²) in [6, 6.07) is 0. The van der Waals surface area contributed by atoms with Gasteiger partial charge in [0.1, 0.15) is 0 Å². The van der Waals surface area contributed by atoms with Gasteiger partial charge in [-0.1, -0.05) is 27.2 Å². The third kappa shape index (κ3) is 4.52. The van der Waals surface area contributed by atoms with Gasteiger partial charge in [-0.05, 0) is 37.1 Å². The van der Waals surface area contributed by atoms with Crippen LogP contribution in [0.15, 0.2) is 0 Å². The summed E-state index contributed by atoms with van der Waals surface area (Å²) in [5.74, 6) is 0.753. The Kier molecular flexibility index (Phi) is 5.62. The molecule has 15 heavy (non-hydrogen) atoms. The lowest BCUT2D eigenvalue weighted by molar-refractivity contribution is 0.00984. The quantitative estimate of drug-likeness (QED) is 0.732. The first-order valence-electron chi connectivity index (χ1n) is 6.47. The molecule has 0 saturated carbocycles. The summed E-state index contributed by atoms with van der Waals surface area (Å²) in [6.45, 7) is 11.1. The number of hydrogen-bond donors (Lipinski definition) is 1. The Morgan fingerprint density at radius 3 is 2.47 bits per heavy atom. The van der Waals surface area contributed by atoms with Gasteiger partial charge >= 0.3 is 0 Å². The van der Waals surface area contributed by atoms with Crippen LogP contribution in [0, 0.1) is 11.3 Å². The van der Waals surface area contributed by atoms with Gasteiger partial charge in [-0.25, -0.2) is 0 Å². The van der Waals surface area contributed by atoms with Crippen molar-refractivity contribution in [3.8, 4) is 0 Å². The molecule has 1 aliphatic heterocycles. The molecule has 2 nitrogen and oxygen atoms in total. The molecule has 0 aromatic carbocycles. The lowest BCUT2D eigenvalue weighted by atomic mass is 9.76. The second-order valence-corrected chi connectivity index (χ2v) is 5.39. The Labute approximate surface area is 94.8 Å². The first kappa shape index (κ1) is 13.0. The van der Waals surface area contributed by atoms with Gasteiger partial charge < -0.3 is 10.1 Å². The molecule has 0 radical (unpaired) electrons. The van der Waals surface area contributed by atoms with Crippen molar-refractivity contribution < 1.29 is 4.74 Å². The highest BCUT2D eigenvalue weighted by Gasteiger charge is 2.31. The Bertz CT molecular complexity index is 156. The van der Waals surface area contributed by atoms with Crippen LogP contribution in [-0.4, -0.2) is 26.3 Å². The van der Waals surface area contributed by atoms with Crippen molar-refractivity contribution in [3.05, 3.63) is 0 Å². The lowest BCUT2D eigenvalue weighted by Crippen LogP contribution is -2.40. The monoisotopic (exact) mass is 213 g/mol. The van der Waals surface area contributed by atoms with E-state index < -0.39 is 0 Å². The number of nitrogens with one attached hydrogen (secondary N) is 1. The Balaban J connectivity index is 2.34. The number of rotatable bonds is 6. The van der Waals surface area contributed by atoms with Crippen molar-refractivity contribution in [3.63, 3.8) is 0 Å². The van der Waals surface area contributed by atoms with Crippen molar-refractivity contribution >= 4 is 0 Å². The van der Waals surface area contributed by atoms with Gasteiger partial charge in [-0.3, -0.25) is 0 Å². The second kappa shape index (κ2) is 6.49. The zero-order chi connectivity index (χ0) is 11.1. The van der Waals surface area contributed by atoms with Crippen molar-refractivity contribution in [2.24, 2.45) is 11.3 Å². The Morgan fingerprint density at radius 1 is 1.27 bits per heavy atom. The van der Waals surface area contributed by atoms with Crippen molar-refractivity contribution in [1.29, 1.82) is 0 Å². The molecule has 0 aromatic heterocycles. The summed E-state index contributed by atoms with van der Waals surface area (Å²) in [7, 11) is 0. The molecular formula is C13H27NO. The third-order valence-corrected chi connectivity index (χ3v) is 3.39. The highest BCUT2D eigenvalue weighted by molar-refractivity contribution is 4.83. The minimum Gasteiger partial charge on any atom is -0.381 e. The maximum atomic E-state index is 5.47. The number of ether oxygens (including phenoxy) is 1. The van der Waals surface area contributed by atoms with E-state index in [0.29, 0.717) is 5.41 Å². The van der Waals surface area contributed by atoms with E-state index in [0.717, 1.165) is 25.7 Å². The van der Waals surface area contributed by atoms with Gasteiger partial charge in [0.15, 0.2) is 0 Å². The van der Waals surface area contributed by atoms with Gasteiger partial charge in [-0.2, -0.15) is 0 Å². The zero-order valence-corrected chi connectivity index (χ0v) is 10.6. The molecule has 1 N–H and O–H groups in total. The van der Waals surface area contributed by atoms with Gasteiger partial charge in [0.25, 0.3) is 0 Å². The van der Waals surface area contributed by atoms with Crippen LogP contribution >= 0.6 is 0 Å². The summed E-state index contributed by atoms with van der Waals surface area (Å²) in [4.78, 5) is 0. The maximum absolute atomic E-state index is 5.47. The summed E-state index contributed by atoms with van der Waals surface area (Å²) in [5.41, 5.74) is 0.530. The SMILES string of the molecule is CCCC1(CNCC(C)C)CCOCC1. The smallest absolute Gasteiger partial charge is 0.0471 e. The molecule has 1 fully saturated rings. The van der Waals surface area contributed by atoms with Crippen LogP contribution in [0.3, 0.4) is 0 Å². The summed E-state index contributed by atoms with van der Waals surface area (Å²) in [5, 5.41) is 3.62. The fourth-order valence-electron chi connectivity index (χ4n) is 2.48. The molecule has 2 heteroatoms. The van der Waals surface area contributed by atoms with Crippen LogP contribution in [0.2, 0.25) is 0 Å². The molecule has 1 rings (SSSR count). The average Bonchev–Trinajstić information content (AvgIpc) is 2.19. The zero-order valence-electron chi connectivity index (χ0n) is 10.6. The molecule has 1 saturated heterocycles. The van der Waals surface area contributed by atoms with E-state index in [4.69, 9.17) is 4.74 Å². The molecule has 1 heterocycles. The molecule has 0 aliphatic carbocycles. The molecule has 0 bridgehead atoms. The van der Waals surface area contributed by atoms with Crippen molar-refractivity contribution in [2.75, 3.05) is 26.3 Å². The van der Waals surface area contributed by atoms with E-state index in [9.17, 15) is 0 Å². The highest BCUT2D eigenvalue weighted by atomic mass is 16.5. The van der Waals surface area contributed by atoms with E-state index in [-0.39, 0.29) is 0 Å². The topological polar surface area (TPSA) is 21.3 Å². The molecule has 0 spiro atoms. The maximum Gasteiger partial charge on any atom is 0.0471 e. The van der Waals surface area contributed by atoms with Gasteiger partial charge in [0, 0.05) is 19.8 Å². The largest absolute Gasteiger partial charge is 0.381 e. The fraction of sp³-hybridized carbons (Fsp3) is 1.00. The molecular weight excluding hydrogens is 186 g/mol. The van der Waals surface area contributed by atoms with Crippen LogP contribution < -0.4 is 5.32 Å². The molecule has 0 atom stereocenters. The first-order valence-corrected chi connectivity index (χ1v) is 6.47. The molecule has 90 valence electrons. The predicted octanol–water partition coefficient (Wildman–Crippen LogP) is 2.83. The fourth-order valence-corrected chi connectivity index (χ4v) is 2.48. The Morgan fingerprint density at radius 2 is 1.93 bits per heavy atom. The van der Waals surface area contributed by atoms with Crippen LogP contribution in [0.25, 0.3) is 0 Å². The molecule has 0 amide bonds. The normalized spacial score (nSPS) is 20.8. The van der Waals surface area contributed by atoms with E-state index in [2.05, 4.69) is 26.1 Å². The second-order valence-electron chi connectivity index (χ2n) is 5.39. The van der Waals surface area contributed by atoms with E-state index in [1.807, 2.05) is 0 Å². The first-order chi connectivity index (χ1) is 7.18. The lowest BCUT2D eigenvalue weighted by Gasteiger charge is -2.37. The van der Waals surface area contributed by atoms with Crippen LogP contribution in [0.1, 0.15) is 46.5 Å². The van der Waals surface area contributed by atoms with Crippen LogP contribution in [0.4, 0.5) is 0 Å².